The predicted molar refractivity (Wildman–Crippen MR) is 86.8 cm³/mol. The molecule has 112 valence electrons. The lowest BCUT2D eigenvalue weighted by Crippen LogP contribution is -2.13. The quantitative estimate of drug-likeness (QED) is 0.773. The van der Waals surface area contributed by atoms with Crippen LogP contribution in [0.4, 0.5) is 5.69 Å². The minimum absolute atomic E-state index is 0.280. The van der Waals surface area contributed by atoms with E-state index in [1.54, 1.807) is 18.3 Å². The standard InChI is InChI=1S/C16H14ClN3O2/c1-9-5-15(22-2)12(7-13(9)17)16(21)19-11-4-3-10-8-18-20-14(10)6-11/h3-8H,1-2H3,(H,18,20)(H,19,21). The van der Waals surface area contributed by atoms with Gasteiger partial charge in [0.2, 0.25) is 0 Å². The van der Waals surface area contributed by atoms with Gasteiger partial charge in [0.1, 0.15) is 5.75 Å². The molecule has 1 heterocycles. The van der Waals surface area contributed by atoms with Gasteiger partial charge < -0.3 is 10.1 Å². The van der Waals surface area contributed by atoms with Gasteiger partial charge in [0.25, 0.3) is 5.91 Å². The van der Waals surface area contributed by atoms with Crippen molar-refractivity contribution < 1.29 is 9.53 Å². The van der Waals surface area contributed by atoms with E-state index in [2.05, 4.69) is 15.5 Å². The molecule has 2 aromatic carbocycles. The highest BCUT2D eigenvalue weighted by atomic mass is 35.5. The minimum Gasteiger partial charge on any atom is -0.496 e. The second-order valence-corrected chi connectivity index (χ2v) is 5.34. The van der Waals surface area contributed by atoms with Gasteiger partial charge in [-0.25, -0.2) is 0 Å². The van der Waals surface area contributed by atoms with Crippen LogP contribution >= 0.6 is 11.6 Å². The Morgan fingerprint density at radius 2 is 2.14 bits per heavy atom. The number of halogens is 1. The molecule has 0 fully saturated rings. The number of carbonyl (C=O) groups excluding carboxylic acids is 1. The molecule has 0 aliphatic carbocycles. The number of aromatic nitrogens is 2. The molecule has 3 rings (SSSR count). The van der Waals surface area contributed by atoms with E-state index >= 15 is 0 Å². The van der Waals surface area contributed by atoms with Crippen molar-refractivity contribution in [3.8, 4) is 5.75 Å². The monoisotopic (exact) mass is 315 g/mol. The van der Waals surface area contributed by atoms with Crippen LogP contribution in [0, 0.1) is 6.92 Å². The van der Waals surface area contributed by atoms with Crippen molar-refractivity contribution in [2.45, 2.75) is 6.92 Å². The number of fused-ring (bicyclic) bond motifs is 1. The number of H-pyrrole nitrogens is 1. The van der Waals surface area contributed by atoms with Crippen molar-refractivity contribution in [1.82, 2.24) is 10.2 Å². The maximum Gasteiger partial charge on any atom is 0.259 e. The third-order valence-corrected chi connectivity index (χ3v) is 3.83. The number of hydrogen-bond donors (Lipinski definition) is 2. The summed E-state index contributed by atoms with van der Waals surface area (Å²) in [5.41, 5.74) is 2.77. The summed E-state index contributed by atoms with van der Waals surface area (Å²) in [5, 5.41) is 11.2. The highest BCUT2D eigenvalue weighted by Crippen LogP contribution is 2.27. The summed E-state index contributed by atoms with van der Waals surface area (Å²) in [7, 11) is 1.52. The zero-order valence-electron chi connectivity index (χ0n) is 12.1. The van der Waals surface area contributed by atoms with Crippen LogP contribution in [0.5, 0.6) is 5.75 Å². The first-order valence-electron chi connectivity index (χ1n) is 6.67. The van der Waals surface area contributed by atoms with Crippen LogP contribution in [0.1, 0.15) is 15.9 Å². The first-order chi connectivity index (χ1) is 10.6. The molecule has 6 heteroatoms. The second kappa shape index (κ2) is 5.69. The van der Waals surface area contributed by atoms with Crippen molar-refractivity contribution >= 4 is 34.1 Å². The number of hydrogen-bond acceptors (Lipinski definition) is 3. The molecule has 1 amide bonds. The fourth-order valence-corrected chi connectivity index (χ4v) is 2.38. The summed E-state index contributed by atoms with van der Waals surface area (Å²) >= 11 is 6.10. The first kappa shape index (κ1) is 14.4. The van der Waals surface area contributed by atoms with Gasteiger partial charge in [-0.1, -0.05) is 11.6 Å². The highest BCUT2D eigenvalue weighted by Gasteiger charge is 2.15. The molecular weight excluding hydrogens is 302 g/mol. The maximum atomic E-state index is 12.5. The number of nitrogens with zero attached hydrogens (tertiary/aromatic N) is 1. The summed E-state index contributed by atoms with van der Waals surface area (Å²) in [6, 6.07) is 8.88. The van der Waals surface area contributed by atoms with Crippen molar-refractivity contribution in [3.05, 3.63) is 52.7 Å². The smallest absolute Gasteiger partial charge is 0.259 e. The third-order valence-electron chi connectivity index (χ3n) is 3.43. The van der Waals surface area contributed by atoms with Gasteiger partial charge >= 0.3 is 0 Å². The predicted octanol–water partition coefficient (Wildman–Crippen LogP) is 3.79. The van der Waals surface area contributed by atoms with E-state index in [-0.39, 0.29) is 5.91 Å². The molecule has 0 saturated heterocycles. The molecule has 5 nitrogen and oxygen atoms in total. The molecule has 0 radical (unpaired) electrons. The van der Waals surface area contributed by atoms with Gasteiger partial charge in [0.05, 0.1) is 24.4 Å². The van der Waals surface area contributed by atoms with E-state index < -0.39 is 0 Å². The number of carbonyl (C=O) groups is 1. The average molecular weight is 316 g/mol. The van der Waals surface area contributed by atoms with E-state index in [9.17, 15) is 4.79 Å². The second-order valence-electron chi connectivity index (χ2n) is 4.93. The summed E-state index contributed by atoms with van der Waals surface area (Å²) in [6.07, 6.45) is 1.73. The zero-order valence-corrected chi connectivity index (χ0v) is 12.9. The normalized spacial score (nSPS) is 10.7. The van der Waals surface area contributed by atoms with Gasteiger partial charge in [0, 0.05) is 16.1 Å². The average Bonchev–Trinajstić information content (AvgIpc) is 2.97. The van der Waals surface area contributed by atoms with Gasteiger partial charge in [-0.3, -0.25) is 9.89 Å². The lowest BCUT2D eigenvalue weighted by atomic mass is 10.1. The molecular formula is C16H14ClN3O2. The molecule has 22 heavy (non-hydrogen) atoms. The summed E-state index contributed by atoms with van der Waals surface area (Å²) in [4.78, 5) is 12.5. The number of nitrogens with one attached hydrogen (secondary N) is 2. The van der Waals surface area contributed by atoms with Crippen LogP contribution in [0.15, 0.2) is 36.5 Å². The lowest BCUT2D eigenvalue weighted by Gasteiger charge is -2.11. The topological polar surface area (TPSA) is 67.0 Å². The highest BCUT2D eigenvalue weighted by molar-refractivity contribution is 6.32. The summed E-state index contributed by atoms with van der Waals surface area (Å²) in [6.45, 7) is 1.86. The molecule has 0 unspecified atom stereocenters. The molecule has 3 aromatic rings. The largest absolute Gasteiger partial charge is 0.496 e. The van der Waals surface area contributed by atoms with E-state index in [0.29, 0.717) is 22.0 Å². The van der Waals surface area contributed by atoms with Crippen LogP contribution < -0.4 is 10.1 Å². The number of rotatable bonds is 3. The molecule has 0 aliphatic rings. The Morgan fingerprint density at radius 3 is 2.91 bits per heavy atom. The Balaban J connectivity index is 1.92. The van der Waals surface area contributed by atoms with Gasteiger partial charge in [-0.15, -0.1) is 0 Å². The Hall–Kier alpha value is -2.53. The summed E-state index contributed by atoms with van der Waals surface area (Å²) < 4.78 is 5.26. The Labute approximate surface area is 132 Å². The molecule has 0 atom stereocenters. The van der Waals surface area contributed by atoms with Crippen molar-refractivity contribution in [3.63, 3.8) is 0 Å². The fourth-order valence-electron chi connectivity index (χ4n) is 2.21. The minimum atomic E-state index is -0.280. The van der Waals surface area contributed by atoms with Crippen LogP contribution in [0.25, 0.3) is 10.9 Å². The van der Waals surface area contributed by atoms with Gasteiger partial charge in [0.15, 0.2) is 0 Å². The molecule has 0 saturated carbocycles. The third kappa shape index (κ3) is 2.63. The molecule has 2 N–H and O–H groups in total. The Morgan fingerprint density at radius 1 is 1.32 bits per heavy atom. The summed E-state index contributed by atoms with van der Waals surface area (Å²) in [5.74, 6) is 0.208. The van der Waals surface area contributed by atoms with Crippen molar-refractivity contribution in [2.75, 3.05) is 12.4 Å². The van der Waals surface area contributed by atoms with Crippen molar-refractivity contribution in [2.24, 2.45) is 0 Å². The van der Waals surface area contributed by atoms with E-state index in [1.807, 2.05) is 25.1 Å². The number of aromatic amines is 1. The van der Waals surface area contributed by atoms with Crippen LogP contribution in [-0.2, 0) is 0 Å². The Bertz CT molecular complexity index is 858. The van der Waals surface area contributed by atoms with E-state index in [4.69, 9.17) is 16.3 Å². The van der Waals surface area contributed by atoms with Crippen LogP contribution in [0.3, 0.4) is 0 Å². The van der Waals surface area contributed by atoms with E-state index in [0.717, 1.165) is 16.5 Å². The number of benzene rings is 2. The fraction of sp³-hybridized carbons (Fsp3) is 0.125. The maximum absolute atomic E-state index is 12.5. The number of aryl methyl sites for hydroxylation is 1. The van der Waals surface area contributed by atoms with E-state index in [1.165, 1.54) is 7.11 Å². The number of methoxy groups -OCH3 is 1. The van der Waals surface area contributed by atoms with Gasteiger partial charge in [-0.05, 0) is 42.8 Å². The molecule has 0 bridgehead atoms. The number of ether oxygens (including phenoxy) is 1. The van der Waals surface area contributed by atoms with Gasteiger partial charge in [-0.2, -0.15) is 5.10 Å². The molecule has 0 spiro atoms. The molecule has 0 aliphatic heterocycles. The first-order valence-corrected chi connectivity index (χ1v) is 7.05. The van der Waals surface area contributed by atoms with Crippen LogP contribution in [0.2, 0.25) is 5.02 Å². The lowest BCUT2D eigenvalue weighted by molar-refractivity contribution is 0.102. The molecule has 1 aromatic heterocycles. The number of anilines is 1. The van der Waals surface area contributed by atoms with Crippen LogP contribution in [-0.4, -0.2) is 23.2 Å². The Kier molecular flexibility index (Phi) is 3.73. The number of amides is 1. The van der Waals surface area contributed by atoms with Crippen molar-refractivity contribution in [1.29, 1.82) is 0 Å². The zero-order chi connectivity index (χ0) is 15.7. The SMILES string of the molecule is COc1cc(C)c(Cl)cc1C(=O)Nc1ccc2cn[nH]c2c1.